The number of nitrogens with zero attached hydrogens (tertiary/aromatic N) is 1. The van der Waals surface area contributed by atoms with Crippen LogP contribution in [0.3, 0.4) is 0 Å². The van der Waals surface area contributed by atoms with E-state index in [1.54, 1.807) is 6.07 Å². The second kappa shape index (κ2) is 4.60. The van der Waals surface area contributed by atoms with E-state index >= 15 is 0 Å². The monoisotopic (exact) mass is 242 g/mol. The first kappa shape index (κ1) is 11.7. The average Bonchev–Trinajstić information content (AvgIpc) is 2.20. The summed E-state index contributed by atoms with van der Waals surface area (Å²) in [6, 6.07) is 5.47. The molecule has 16 heavy (non-hydrogen) atoms. The predicted octanol–water partition coefficient (Wildman–Crippen LogP) is 2.67. The molecule has 2 unspecified atom stereocenters. The highest BCUT2D eigenvalue weighted by Gasteiger charge is 2.22. The zero-order valence-electron chi connectivity index (χ0n) is 9.50. The SMILES string of the molecule is CC1CN(c2cc(F)cc(Cl)c2)C(C)CN1. The molecule has 1 N–H and O–H groups in total. The van der Waals surface area contributed by atoms with Crippen molar-refractivity contribution in [1.82, 2.24) is 5.32 Å². The smallest absolute Gasteiger partial charge is 0.126 e. The van der Waals surface area contributed by atoms with Gasteiger partial charge in [0.25, 0.3) is 0 Å². The molecule has 0 bridgehead atoms. The topological polar surface area (TPSA) is 15.3 Å². The van der Waals surface area contributed by atoms with Crippen molar-refractivity contribution in [2.75, 3.05) is 18.0 Å². The number of benzene rings is 1. The second-order valence-corrected chi connectivity index (χ2v) is 4.87. The Kier molecular flexibility index (Phi) is 3.36. The molecule has 1 saturated heterocycles. The Morgan fingerprint density at radius 3 is 2.81 bits per heavy atom. The summed E-state index contributed by atoms with van der Waals surface area (Å²) in [4.78, 5) is 2.19. The molecule has 1 fully saturated rings. The lowest BCUT2D eigenvalue weighted by molar-refractivity contribution is 0.424. The van der Waals surface area contributed by atoms with Crippen molar-refractivity contribution in [3.05, 3.63) is 29.0 Å². The van der Waals surface area contributed by atoms with Crippen LogP contribution in [-0.4, -0.2) is 25.2 Å². The van der Waals surface area contributed by atoms with E-state index in [-0.39, 0.29) is 5.82 Å². The van der Waals surface area contributed by atoms with Gasteiger partial charge in [-0.05, 0) is 32.0 Å². The maximum Gasteiger partial charge on any atom is 0.126 e. The Balaban J connectivity index is 2.27. The second-order valence-electron chi connectivity index (χ2n) is 4.44. The summed E-state index contributed by atoms with van der Waals surface area (Å²) in [6.07, 6.45) is 0. The molecule has 2 atom stereocenters. The molecular formula is C12H16ClFN2. The Labute approximate surface area is 100 Å². The largest absolute Gasteiger partial charge is 0.366 e. The molecule has 1 aromatic carbocycles. The average molecular weight is 243 g/mol. The van der Waals surface area contributed by atoms with E-state index in [1.165, 1.54) is 6.07 Å². The number of hydrogen-bond donors (Lipinski definition) is 1. The Hall–Kier alpha value is -0.800. The minimum atomic E-state index is -0.277. The van der Waals surface area contributed by atoms with Crippen molar-refractivity contribution in [3.8, 4) is 0 Å². The fourth-order valence-electron chi connectivity index (χ4n) is 2.09. The number of nitrogens with one attached hydrogen (secondary N) is 1. The fourth-order valence-corrected chi connectivity index (χ4v) is 2.30. The summed E-state index contributed by atoms with van der Waals surface area (Å²) in [5.74, 6) is -0.277. The van der Waals surface area contributed by atoms with Crippen molar-refractivity contribution >= 4 is 17.3 Å². The van der Waals surface area contributed by atoms with Crippen LogP contribution in [0.4, 0.5) is 10.1 Å². The van der Waals surface area contributed by atoms with Crippen LogP contribution in [0.5, 0.6) is 0 Å². The van der Waals surface area contributed by atoms with Crippen LogP contribution in [0.2, 0.25) is 5.02 Å². The molecule has 4 heteroatoms. The molecule has 0 aromatic heterocycles. The summed E-state index contributed by atoms with van der Waals surface area (Å²) in [6.45, 7) is 6.04. The minimum absolute atomic E-state index is 0.277. The molecule has 1 aliphatic heterocycles. The molecule has 88 valence electrons. The standard InChI is InChI=1S/C12H16ClFN2/c1-8-7-16(9(2)6-15-8)12-4-10(13)3-11(14)5-12/h3-5,8-9,15H,6-7H2,1-2H3. The maximum absolute atomic E-state index is 13.3. The third-order valence-electron chi connectivity index (χ3n) is 2.94. The van der Waals surface area contributed by atoms with Crippen LogP contribution < -0.4 is 10.2 Å². The lowest BCUT2D eigenvalue weighted by Crippen LogP contribution is -2.54. The molecule has 0 spiro atoms. The van der Waals surface area contributed by atoms with Gasteiger partial charge in [0, 0.05) is 35.9 Å². The zero-order valence-corrected chi connectivity index (χ0v) is 10.3. The van der Waals surface area contributed by atoms with Crippen LogP contribution in [0.15, 0.2) is 18.2 Å². The molecule has 0 aliphatic carbocycles. The van der Waals surface area contributed by atoms with E-state index in [4.69, 9.17) is 11.6 Å². The molecule has 0 radical (unpaired) electrons. The molecule has 1 aromatic rings. The molecule has 1 aliphatic rings. The number of hydrogen-bond acceptors (Lipinski definition) is 2. The normalized spacial score (nSPS) is 25.9. The number of halogens is 2. The number of rotatable bonds is 1. The van der Waals surface area contributed by atoms with Gasteiger partial charge < -0.3 is 10.2 Å². The van der Waals surface area contributed by atoms with Crippen molar-refractivity contribution in [2.45, 2.75) is 25.9 Å². The highest BCUT2D eigenvalue weighted by Crippen LogP contribution is 2.24. The Morgan fingerprint density at radius 2 is 2.12 bits per heavy atom. The minimum Gasteiger partial charge on any atom is -0.366 e. The zero-order chi connectivity index (χ0) is 11.7. The third-order valence-corrected chi connectivity index (χ3v) is 3.16. The molecular weight excluding hydrogens is 227 g/mol. The van der Waals surface area contributed by atoms with Crippen LogP contribution in [0.1, 0.15) is 13.8 Å². The van der Waals surface area contributed by atoms with Crippen LogP contribution in [0.25, 0.3) is 0 Å². The highest BCUT2D eigenvalue weighted by molar-refractivity contribution is 6.30. The first-order valence-electron chi connectivity index (χ1n) is 5.52. The van der Waals surface area contributed by atoms with Gasteiger partial charge in [-0.2, -0.15) is 0 Å². The van der Waals surface area contributed by atoms with Crippen molar-refractivity contribution < 1.29 is 4.39 Å². The van der Waals surface area contributed by atoms with Crippen LogP contribution >= 0.6 is 11.6 Å². The predicted molar refractivity (Wildman–Crippen MR) is 65.7 cm³/mol. The van der Waals surface area contributed by atoms with Gasteiger partial charge in [-0.25, -0.2) is 4.39 Å². The number of anilines is 1. The fraction of sp³-hybridized carbons (Fsp3) is 0.500. The van der Waals surface area contributed by atoms with E-state index in [9.17, 15) is 4.39 Å². The Morgan fingerprint density at radius 1 is 1.38 bits per heavy atom. The van der Waals surface area contributed by atoms with Gasteiger partial charge in [-0.15, -0.1) is 0 Å². The van der Waals surface area contributed by atoms with Crippen molar-refractivity contribution in [3.63, 3.8) is 0 Å². The van der Waals surface area contributed by atoms with Gasteiger partial charge >= 0.3 is 0 Å². The van der Waals surface area contributed by atoms with Gasteiger partial charge in [0.1, 0.15) is 5.82 Å². The maximum atomic E-state index is 13.3. The summed E-state index contributed by atoms with van der Waals surface area (Å²) >= 11 is 5.87. The highest BCUT2D eigenvalue weighted by atomic mass is 35.5. The third kappa shape index (κ3) is 2.47. The first-order chi connectivity index (χ1) is 7.56. The van der Waals surface area contributed by atoms with Crippen LogP contribution in [-0.2, 0) is 0 Å². The summed E-state index contributed by atoms with van der Waals surface area (Å²) in [5, 5.41) is 3.84. The van der Waals surface area contributed by atoms with Gasteiger partial charge in [0.05, 0.1) is 0 Å². The Bertz CT molecular complexity index is 363. The first-order valence-corrected chi connectivity index (χ1v) is 5.90. The molecule has 0 amide bonds. The van der Waals surface area contributed by atoms with Gasteiger partial charge in [0.2, 0.25) is 0 Å². The lowest BCUT2D eigenvalue weighted by Gasteiger charge is -2.39. The quantitative estimate of drug-likeness (QED) is 0.815. The summed E-state index contributed by atoms with van der Waals surface area (Å²) < 4.78 is 13.3. The molecule has 1 heterocycles. The van der Waals surface area contributed by atoms with E-state index in [1.807, 2.05) is 6.07 Å². The van der Waals surface area contributed by atoms with Crippen molar-refractivity contribution in [1.29, 1.82) is 0 Å². The van der Waals surface area contributed by atoms with E-state index in [2.05, 4.69) is 24.1 Å². The van der Waals surface area contributed by atoms with E-state index < -0.39 is 0 Å². The van der Waals surface area contributed by atoms with Gasteiger partial charge in [-0.1, -0.05) is 11.6 Å². The van der Waals surface area contributed by atoms with Crippen LogP contribution in [0, 0.1) is 5.82 Å². The summed E-state index contributed by atoms with van der Waals surface area (Å²) in [7, 11) is 0. The lowest BCUT2D eigenvalue weighted by atomic mass is 10.1. The van der Waals surface area contributed by atoms with Gasteiger partial charge in [0.15, 0.2) is 0 Å². The van der Waals surface area contributed by atoms with Crippen molar-refractivity contribution in [2.24, 2.45) is 0 Å². The molecule has 2 nitrogen and oxygen atoms in total. The molecule has 0 saturated carbocycles. The number of piperazine rings is 1. The van der Waals surface area contributed by atoms with E-state index in [0.29, 0.717) is 17.1 Å². The molecule has 2 rings (SSSR count). The summed E-state index contributed by atoms with van der Waals surface area (Å²) in [5.41, 5.74) is 0.867. The van der Waals surface area contributed by atoms with E-state index in [0.717, 1.165) is 18.8 Å². The van der Waals surface area contributed by atoms with Gasteiger partial charge in [-0.3, -0.25) is 0 Å².